The van der Waals surface area contributed by atoms with Crippen LogP contribution >= 0.6 is 35.6 Å². The van der Waals surface area contributed by atoms with Gasteiger partial charge in [-0.3, -0.25) is 18.9 Å². The molecule has 2 saturated heterocycles. The van der Waals surface area contributed by atoms with E-state index in [2.05, 4.69) is 9.80 Å². The summed E-state index contributed by atoms with van der Waals surface area (Å²) < 4.78 is 15.3. The highest BCUT2D eigenvalue weighted by Crippen LogP contribution is 2.35. The van der Waals surface area contributed by atoms with E-state index in [4.69, 9.17) is 28.8 Å². The summed E-state index contributed by atoms with van der Waals surface area (Å²) in [5.74, 6) is -0.0277. The number of thioether (sulfide) groups is 1. The number of fused-ring (bicyclic) bond motifs is 1. The maximum atomic E-state index is 13.9. The average molecular weight is 606 g/mol. The van der Waals surface area contributed by atoms with Crippen LogP contribution in [-0.4, -0.2) is 50.7 Å². The molecule has 2 aromatic heterocycles. The summed E-state index contributed by atoms with van der Waals surface area (Å²) >= 11 is 13.1. The van der Waals surface area contributed by atoms with Gasteiger partial charge in [-0.25, -0.2) is 9.37 Å². The second-order valence-corrected chi connectivity index (χ2v) is 12.0. The molecule has 0 unspecified atom stereocenters. The normalized spacial score (nSPS) is 16.9. The molecule has 4 heterocycles. The molecule has 0 spiro atoms. The highest BCUT2D eigenvalue weighted by Gasteiger charge is 2.33. The average Bonchev–Trinajstić information content (AvgIpc) is 3.23. The Hall–Kier alpha value is -3.73. The van der Waals surface area contributed by atoms with Gasteiger partial charge in [0.25, 0.3) is 11.5 Å². The number of carbonyl (C=O) groups is 1. The highest BCUT2D eigenvalue weighted by atomic mass is 35.5. The minimum absolute atomic E-state index is 0.244. The van der Waals surface area contributed by atoms with Crippen LogP contribution in [-0.2, 0) is 11.3 Å². The molecular weight excluding hydrogens is 581 g/mol. The van der Waals surface area contributed by atoms with Crippen molar-refractivity contribution in [1.29, 1.82) is 0 Å². The predicted molar refractivity (Wildman–Crippen MR) is 167 cm³/mol. The fourth-order valence-electron chi connectivity index (χ4n) is 5.01. The van der Waals surface area contributed by atoms with Crippen LogP contribution in [0.3, 0.4) is 0 Å². The number of benzene rings is 2. The van der Waals surface area contributed by atoms with Crippen molar-refractivity contribution in [2.24, 2.45) is 0 Å². The van der Waals surface area contributed by atoms with Gasteiger partial charge in [0.1, 0.15) is 21.6 Å². The number of thiocarbonyl (C=S) groups is 1. The van der Waals surface area contributed by atoms with E-state index in [-0.39, 0.29) is 23.8 Å². The maximum absolute atomic E-state index is 13.9. The summed E-state index contributed by atoms with van der Waals surface area (Å²) in [4.78, 5) is 38.4. The molecule has 0 atom stereocenters. The number of nitrogens with zero attached hydrogens (tertiary/aromatic N) is 5. The lowest BCUT2D eigenvalue weighted by atomic mass is 10.2. The van der Waals surface area contributed by atoms with Gasteiger partial charge in [-0.15, -0.1) is 0 Å². The SMILES string of the molecule is Cc1ccc2nc(N3CCN(c4ccc(F)cc4)CC3)c(/C=C3/SC(=S)N(Cc4ccccc4Cl)C3=O)c(=O)n2c1. The number of anilines is 2. The first-order valence-corrected chi connectivity index (χ1v) is 14.7. The van der Waals surface area contributed by atoms with E-state index in [1.54, 1.807) is 30.5 Å². The van der Waals surface area contributed by atoms with Gasteiger partial charge in [0, 0.05) is 43.1 Å². The minimum atomic E-state index is -0.277. The number of rotatable bonds is 5. The number of aromatic nitrogens is 2. The van der Waals surface area contributed by atoms with Crippen LogP contribution < -0.4 is 15.4 Å². The molecule has 0 saturated carbocycles. The van der Waals surface area contributed by atoms with Crippen molar-refractivity contribution in [3.8, 4) is 0 Å². The van der Waals surface area contributed by atoms with Crippen molar-refractivity contribution in [1.82, 2.24) is 14.3 Å². The van der Waals surface area contributed by atoms with Gasteiger partial charge in [-0.2, -0.15) is 0 Å². The van der Waals surface area contributed by atoms with Gasteiger partial charge >= 0.3 is 0 Å². The summed E-state index contributed by atoms with van der Waals surface area (Å²) in [6, 6.07) is 17.5. The molecule has 0 aliphatic carbocycles. The monoisotopic (exact) mass is 605 g/mol. The van der Waals surface area contributed by atoms with Gasteiger partial charge < -0.3 is 9.80 Å². The number of carbonyl (C=O) groups excluding carboxylic acids is 1. The van der Waals surface area contributed by atoms with E-state index in [0.717, 1.165) is 16.8 Å². The Kier molecular flexibility index (Phi) is 7.54. The second kappa shape index (κ2) is 11.3. The molecule has 1 amide bonds. The quantitative estimate of drug-likeness (QED) is 0.219. The Labute approximate surface area is 250 Å². The first-order valence-electron chi connectivity index (χ1n) is 13.1. The first kappa shape index (κ1) is 27.4. The van der Waals surface area contributed by atoms with Gasteiger partial charge in [-0.05, 0) is 60.5 Å². The summed E-state index contributed by atoms with van der Waals surface area (Å²) in [7, 11) is 0. The molecule has 2 fully saturated rings. The number of hydrogen-bond acceptors (Lipinski definition) is 7. The van der Waals surface area contributed by atoms with Gasteiger partial charge in [-0.1, -0.05) is 59.8 Å². The van der Waals surface area contributed by atoms with Crippen LogP contribution in [0, 0.1) is 12.7 Å². The Balaban J connectivity index is 1.35. The van der Waals surface area contributed by atoms with Crippen molar-refractivity contribution in [3.63, 3.8) is 0 Å². The topological polar surface area (TPSA) is 61.2 Å². The van der Waals surface area contributed by atoms with Crippen LogP contribution in [0.15, 0.2) is 76.6 Å². The van der Waals surface area contributed by atoms with Gasteiger partial charge in [0.15, 0.2) is 0 Å². The van der Waals surface area contributed by atoms with E-state index < -0.39 is 0 Å². The van der Waals surface area contributed by atoms with E-state index in [0.29, 0.717) is 57.5 Å². The minimum Gasteiger partial charge on any atom is -0.368 e. The zero-order chi connectivity index (χ0) is 28.7. The third-order valence-electron chi connectivity index (χ3n) is 7.19. The molecule has 2 aromatic carbocycles. The van der Waals surface area contributed by atoms with Gasteiger partial charge in [0.2, 0.25) is 0 Å². The molecule has 7 nitrogen and oxygen atoms in total. The van der Waals surface area contributed by atoms with Crippen molar-refractivity contribution < 1.29 is 9.18 Å². The van der Waals surface area contributed by atoms with E-state index in [1.807, 2.05) is 37.3 Å². The van der Waals surface area contributed by atoms with E-state index in [1.165, 1.54) is 33.2 Å². The summed E-state index contributed by atoms with van der Waals surface area (Å²) in [6.07, 6.45) is 3.37. The third kappa shape index (κ3) is 5.47. The van der Waals surface area contributed by atoms with Crippen LogP contribution in [0.4, 0.5) is 15.9 Å². The van der Waals surface area contributed by atoms with E-state index >= 15 is 0 Å². The number of amides is 1. The number of hydrogen-bond donors (Lipinski definition) is 0. The summed E-state index contributed by atoms with van der Waals surface area (Å²) in [6.45, 7) is 4.68. The van der Waals surface area contributed by atoms with Crippen LogP contribution in [0.1, 0.15) is 16.7 Å². The lowest BCUT2D eigenvalue weighted by Gasteiger charge is -2.37. The maximum Gasteiger partial charge on any atom is 0.267 e. The molecule has 2 aliphatic heterocycles. The number of halogens is 2. The zero-order valence-electron chi connectivity index (χ0n) is 22.1. The smallest absolute Gasteiger partial charge is 0.267 e. The molecule has 6 rings (SSSR count). The predicted octanol–water partition coefficient (Wildman–Crippen LogP) is 5.52. The van der Waals surface area contributed by atoms with E-state index in [9.17, 15) is 14.0 Å². The van der Waals surface area contributed by atoms with Crippen LogP contribution in [0.2, 0.25) is 5.02 Å². The number of piperazine rings is 1. The molecule has 0 radical (unpaired) electrons. The summed E-state index contributed by atoms with van der Waals surface area (Å²) in [5, 5.41) is 0.555. The molecule has 0 N–H and O–H groups in total. The largest absolute Gasteiger partial charge is 0.368 e. The zero-order valence-corrected chi connectivity index (χ0v) is 24.5. The summed E-state index contributed by atoms with van der Waals surface area (Å²) in [5.41, 5.74) is 3.25. The lowest BCUT2D eigenvalue weighted by molar-refractivity contribution is -0.122. The van der Waals surface area contributed by atoms with Crippen molar-refractivity contribution in [2.45, 2.75) is 13.5 Å². The Morgan fingerprint density at radius 2 is 1.71 bits per heavy atom. The molecule has 208 valence electrons. The third-order valence-corrected chi connectivity index (χ3v) is 8.94. The fourth-order valence-corrected chi connectivity index (χ4v) is 6.44. The second-order valence-electron chi connectivity index (χ2n) is 9.90. The fraction of sp³-hybridized carbons (Fsp3) is 0.200. The number of pyridine rings is 1. The molecule has 41 heavy (non-hydrogen) atoms. The highest BCUT2D eigenvalue weighted by molar-refractivity contribution is 8.26. The Morgan fingerprint density at radius 3 is 2.44 bits per heavy atom. The van der Waals surface area contributed by atoms with Crippen LogP contribution in [0.25, 0.3) is 11.7 Å². The molecular formula is C30H25ClFN5O2S2. The molecule has 4 aromatic rings. The molecule has 2 aliphatic rings. The van der Waals surface area contributed by atoms with Crippen molar-refractivity contribution in [3.05, 3.63) is 110 Å². The first-order chi connectivity index (χ1) is 19.8. The molecule has 11 heteroatoms. The number of aryl methyl sites for hydroxylation is 1. The van der Waals surface area contributed by atoms with Crippen LogP contribution in [0.5, 0.6) is 0 Å². The standard InChI is InChI=1S/C30H25ClFN5O2S2/c1-19-6-11-26-33-27(35-14-12-34(13-15-35)22-9-7-21(32)8-10-22)23(28(38)36(26)17-19)16-25-29(39)37(30(40)41-25)18-20-4-2-3-5-24(20)31/h2-11,16-17H,12-15,18H2,1H3/b25-16+. The Bertz CT molecular complexity index is 1770. The lowest BCUT2D eigenvalue weighted by Crippen LogP contribution is -2.47. The van der Waals surface area contributed by atoms with Crippen molar-refractivity contribution in [2.75, 3.05) is 36.0 Å². The van der Waals surface area contributed by atoms with Gasteiger partial charge in [0.05, 0.1) is 17.0 Å². The van der Waals surface area contributed by atoms with Crippen molar-refractivity contribution >= 4 is 69.0 Å². The Morgan fingerprint density at radius 1 is 1.00 bits per heavy atom. The molecule has 0 bridgehead atoms.